The Morgan fingerprint density at radius 3 is 2.08 bits per heavy atom. The van der Waals surface area contributed by atoms with Gasteiger partial charge in [-0.2, -0.15) is 0 Å². The van der Waals surface area contributed by atoms with Crippen molar-refractivity contribution in [3.8, 4) is 16.9 Å². The van der Waals surface area contributed by atoms with Gasteiger partial charge in [0.1, 0.15) is 11.6 Å². The van der Waals surface area contributed by atoms with Crippen LogP contribution in [0.15, 0.2) is 97.1 Å². The maximum atomic E-state index is 14.1. The van der Waals surface area contributed by atoms with Crippen molar-refractivity contribution < 1.29 is 28.6 Å². The summed E-state index contributed by atoms with van der Waals surface area (Å²) in [6, 6.07) is 27.2. The van der Waals surface area contributed by atoms with Crippen molar-refractivity contribution in [2.24, 2.45) is 0 Å². The molecule has 204 valence electrons. The average Bonchev–Trinajstić information content (AvgIpc) is 2.98. The number of carboxylic acids is 1. The molecule has 0 radical (unpaired) electrons. The second kappa shape index (κ2) is 13.2. The van der Waals surface area contributed by atoms with E-state index < -0.39 is 17.7 Å². The monoisotopic (exact) mass is 540 g/mol. The molecule has 0 aliphatic carbocycles. The number of methoxy groups -OCH3 is 1. The molecule has 4 aromatic carbocycles. The highest BCUT2D eigenvalue weighted by molar-refractivity contribution is 6.06. The molecule has 4 rings (SSSR count). The molecule has 40 heavy (non-hydrogen) atoms. The number of nitrogens with one attached hydrogen (secondary N) is 1. The van der Waals surface area contributed by atoms with Crippen LogP contribution in [0.5, 0.6) is 5.75 Å². The van der Waals surface area contributed by atoms with Crippen LogP contribution in [0.2, 0.25) is 0 Å². The molecule has 0 bridgehead atoms. The maximum absolute atomic E-state index is 14.1. The largest absolute Gasteiger partial charge is 0.497 e. The third kappa shape index (κ3) is 6.91. The molecule has 8 heteroatoms. The summed E-state index contributed by atoms with van der Waals surface area (Å²) in [5.41, 5.74) is 2.88. The minimum Gasteiger partial charge on any atom is -0.497 e. The Morgan fingerprint density at radius 2 is 1.43 bits per heavy atom. The molecule has 0 saturated carbocycles. The number of benzene rings is 4. The topological polar surface area (TPSA) is 95.9 Å². The number of halogens is 1. The van der Waals surface area contributed by atoms with Crippen LogP contribution in [0, 0.1) is 5.82 Å². The van der Waals surface area contributed by atoms with Crippen molar-refractivity contribution in [1.29, 1.82) is 0 Å². The Hall–Kier alpha value is -4.98. The number of carboxylic acid groups (broad SMARTS) is 1. The maximum Gasteiger partial charge on any atom is 0.305 e. The second-order valence-electron chi connectivity index (χ2n) is 9.08. The average molecular weight is 541 g/mol. The zero-order valence-electron chi connectivity index (χ0n) is 22.0. The van der Waals surface area contributed by atoms with E-state index in [9.17, 15) is 23.9 Å². The van der Waals surface area contributed by atoms with Gasteiger partial charge < -0.3 is 20.1 Å². The molecule has 0 aromatic heterocycles. The van der Waals surface area contributed by atoms with Gasteiger partial charge in [0.05, 0.1) is 13.5 Å². The van der Waals surface area contributed by atoms with Gasteiger partial charge in [-0.3, -0.25) is 14.4 Å². The number of carbonyl (C=O) groups excluding carboxylic acids is 2. The zero-order chi connectivity index (χ0) is 28.5. The Labute approximate surface area is 231 Å². The molecule has 2 amide bonds. The van der Waals surface area contributed by atoms with Gasteiger partial charge in [0.2, 0.25) is 0 Å². The number of hydrogen-bond donors (Lipinski definition) is 2. The van der Waals surface area contributed by atoms with Crippen molar-refractivity contribution in [1.82, 2.24) is 10.2 Å². The van der Waals surface area contributed by atoms with Gasteiger partial charge >= 0.3 is 5.97 Å². The standard InChI is InChI=1S/C32H29FN2O5/c1-40-24-16-14-22(15-17-24)21-35(19-18-30(36)37)32(39)28-12-6-4-10-26(28)25-9-3-5-11-27(25)31(38)34-20-23-8-2-7-13-29(23)33/h2-17H,18-21H2,1H3,(H,34,38)(H,36,37). The van der Waals surface area contributed by atoms with Gasteiger partial charge in [0.15, 0.2) is 0 Å². The number of nitrogens with zero attached hydrogens (tertiary/aromatic N) is 1. The van der Waals surface area contributed by atoms with Crippen LogP contribution in [-0.4, -0.2) is 41.4 Å². The van der Waals surface area contributed by atoms with Crippen LogP contribution in [-0.2, 0) is 17.9 Å². The summed E-state index contributed by atoms with van der Waals surface area (Å²) < 4.78 is 19.3. The molecular formula is C32H29FN2O5. The quantitative estimate of drug-likeness (QED) is 0.260. The van der Waals surface area contributed by atoms with E-state index in [-0.39, 0.29) is 32.0 Å². The predicted octanol–water partition coefficient (Wildman–Crippen LogP) is 5.55. The van der Waals surface area contributed by atoms with Crippen LogP contribution in [0.1, 0.15) is 38.3 Å². The summed E-state index contributed by atoms with van der Waals surface area (Å²) in [4.78, 5) is 39.9. The van der Waals surface area contributed by atoms with Gasteiger partial charge in [-0.15, -0.1) is 0 Å². The first-order chi connectivity index (χ1) is 19.4. The fourth-order valence-electron chi connectivity index (χ4n) is 4.34. The second-order valence-corrected chi connectivity index (χ2v) is 9.08. The summed E-state index contributed by atoms with van der Waals surface area (Å²) in [7, 11) is 1.56. The van der Waals surface area contributed by atoms with Crippen molar-refractivity contribution >= 4 is 17.8 Å². The molecule has 0 atom stereocenters. The van der Waals surface area contributed by atoms with E-state index in [1.807, 2.05) is 12.1 Å². The molecule has 0 spiro atoms. The number of aliphatic carboxylic acids is 1. The summed E-state index contributed by atoms with van der Waals surface area (Å²) in [5.74, 6) is -1.54. The Bertz CT molecular complexity index is 1500. The third-order valence-corrected chi connectivity index (χ3v) is 6.43. The van der Waals surface area contributed by atoms with E-state index in [0.717, 1.165) is 5.56 Å². The Balaban J connectivity index is 1.64. The van der Waals surface area contributed by atoms with Gasteiger partial charge in [0, 0.05) is 36.3 Å². The minimum absolute atomic E-state index is 0.000692. The summed E-state index contributed by atoms with van der Waals surface area (Å²) >= 11 is 0. The lowest BCUT2D eigenvalue weighted by atomic mass is 9.94. The molecule has 0 unspecified atom stereocenters. The molecule has 0 aliphatic heterocycles. The number of amides is 2. The molecule has 0 fully saturated rings. The van der Waals surface area contributed by atoms with Crippen LogP contribution in [0.3, 0.4) is 0 Å². The highest BCUT2D eigenvalue weighted by Crippen LogP contribution is 2.29. The van der Waals surface area contributed by atoms with Crippen molar-refractivity contribution in [2.75, 3.05) is 13.7 Å². The lowest BCUT2D eigenvalue weighted by molar-refractivity contribution is -0.137. The fraction of sp³-hybridized carbons (Fsp3) is 0.156. The number of carbonyl (C=O) groups is 3. The van der Waals surface area contributed by atoms with Crippen molar-refractivity contribution in [2.45, 2.75) is 19.5 Å². The van der Waals surface area contributed by atoms with E-state index in [2.05, 4.69) is 5.32 Å². The molecule has 0 saturated heterocycles. The van der Waals surface area contributed by atoms with Crippen LogP contribution < -0.4 is 10.1 Å². The summed E-state index contributed by atoms with van der Waals surface area (Å²) in [5, 5.41) is 12.1. The van der Waals surface area contributed by atoms with Crippen molar-refractivity contribution in [3.63, 3.8) is 0 Å². The normalized spacial score (nSPS) is 10.6. The first-order valence-corrected chi connectivity index (χ1v) is 12.7. The van der Waals surface area contributed by atoms with Gasteiger partial charge in [0.25, 0.3) is 11.8 Å². The SMILES string of the molecule is COc1ccc(CN(CCC(=O)O)C(=O)c2ccccc2-c2ccccc2C(=O)NCc2ccccc2F)cc1. The first kappa shape index (κ1) is 28.0. The molecule has 2 N–H and O–H groups in total. The highest BCUT2D eigenvalue weighted by Gasteiger charge is 2.23. The minimum atomic E-state index is -1.02. The van der Waals surface area contributed by atoms with Crippen LogP contribution >= 0.6 is 0 Å². The molecule has 0 aliphatic rings. The third-order valence-electron chi connectivity index (χ3n) is 6.43. The number of hydrogen-bond acceptors (Lipinski definition) is 4. The van der Waals surface area contributed by atoms with Crippen molar-refractivity contribution in [3.05, 3.63) is 125 Å². The first-order valence-electron chi connectivity index (χ1n) is 12.7. The predicted molar refractivity (Wildman–Crippen MR) is 149 cm³/mol. The van der Waals surface area contributed by atoms with E-state index in [4.69, 9.17) is 4.74 Å². The zero-order valence-corrected chi connectivity index (χ0v) is 22.0. The molecule has 4 aromatic rings. The summed E-state index contributed by atoms with van der Waals surface area (Å²) in [6.07, 6.45) is -0.223. The van der Waals surface area contributed by atoms with E-state index in [1.165, 1.54) is 11.0 Å². The van der Waals surface area contributed by atoms with Crippen LogP contribution in [0.25, 0.3) is 11.1 Å². The van der Waals surface area contributed by atoms with Crippen LogP contribution in [0.4, 0.5) is 4.39 Å². The lowest BCUT2D eigenvalue weighted by Crippen LogP contribution is -2.33. The fourth-order valence-corrected chi connectivity index (χ4v) is 4.34. The van der Waals surface area contributed by atoms with E-state index >= 15 is 0 Å². The molecule has 0 heterocycles. The van der Waals surface area contributed by atoms with E-state index in [1.54, 1.807) is 86.0 Å². The van der Waals surface area contributed by atoms with Gasteiger partial charge in [-0.05, 0) is 47.0 Å². The Kier molecular flexibility index (Phi) is 9.25. The molecular weight excluding hydrogens is 511 g/mol. The lowest BCUT2D eigenvalue weighted by Gasteiger charge is -2.24. The smallest absolute Gasteiger partial charge is 0.305 e. The van der Waals surface area contributed by atoms with Gasteiger partial charge in [-0.25, -0.2) is 4.39 Å². The molecule has 7 nitrogen and oxygen atoms in total. The number of ether oxygens (including phenoxy) is 1. The summed E-state index contributed by atoms with van der Waals surface area (Å²) in [6.45, 7) is 0.194. The Morgan fingerprint density at radius 1 is 0.825 bits per heavy atom. The highest BCUT2D eigenvalue weighted by atomic mass is 19.1. The van der Waals surface area contributed by atoms with Gasteiger partial charge in [-0.1, -0.05) is 66.7 Å². The van der Waals surface area contributed by atoms with E-state index in [0.29, 0.717) is 33.6 Å². The number of rotatable bonds is 11.